The summed E-state index contributed by atoms with van der Waals surface area (Å²) in [4.78, 5) is 7.15. The van der Waals surface area contributed by atoms with Crippen LogP contribution in [-0.2, 0) is 0 Å². The van der Waals surface area contributed by atoms with Crippen molar-refractivity contribution in [1.29, 1.82) is 0 Å². The average Bonchev–Trinajstić information content (AvgIpc) is 3.94. The number of fused-ring (bicyclic) bond motifs is 7. The Labute approximate surface area is 352 Å². The third-order valence-electron chi connectivity index (χ3n) is 11.9. The molecular weight excluding hydrogens is 745 g/mol. The molecule has 2 heterocycles. The van der Waals surface area contributed by atoms with Crippen LogP contribution in [0.3, 0.4) is 0 Å². The molecule has 0 fully saturated rings. The van der Waals surface area contributed by atoms with E-state index in [1.165, 1.54) is 11.1 Å². The smallest absolute Gasteiger partial charge is 0.227 e. The van der Waals surface area contributed by atoms with Gasteiger partial charge in [-0.05, 0) is 122 Å². The van der Waals surface area contributed by atoms with E-state index in [9.17, 15) is 0 Å². The fraction of sp³-hybridized carbons (Fsp3) is 0. The first-order valence-corrected chi connectivity index (χ1v) is 20.6. The maximum absolute atomic E-state index is 6.70. The van der Waals surface area contributed by atoms with Crippen LogP contribution >= 0.6 is 0 Å². The quantitative estimate of drug-likeness (QED) is 0.162. The number of benzene rings is 10. The van der Waals surface area contributed by atoms with Crippen molar-refractivity contribution in [3.05, 3.63) is 218 Å². The first kappa shape index (κ1) is 34.8. The Hall–Kier alpha value is -8.21. The van der Waals surface area contributed by atoms with Crippen LogP contribution < -0.4 is 4.90 Å². The highest BCUT2D eigenvalue weighted by Crippen LogP contribution is 2.44. The maximum atomic E-state index is 6.70. The first-order chi connectivity index (χ1) is 30.2. The molecule has 2 aromatic heterocycles. The molecule has 0 aliphatic rings. The van der Waals surface area contributed by atoms with Gasteiger partial charge in [-0.25, -0.2) is 4.98 Å². The Balaban J connectivity index is 0.957. The highest BCUT2D eigenvalue weighted by atomic mass is 16.3. The second kappa shape index (κ2) is 14.3. The summed E-state index contributed by atoms with van der Waals surface area (Å²) in [5.41, 5.74) is 14.6. The molecule has 0 aliphatic heterocycles. The lowest BCUT2D eigenvalue weighted by molar-refractivity contribution is 0.620. The van der Waals surface area contributed by atoms with Crippen LogP contribution in [-0.4, -0.2) is 4.98 Å². The Morgan fingerprint density at radius 1 is 0.311 bits per heavy atom. The molecule has 0 radical (unpaired) electrons. The van der Waals surface area contributed by atoms with E-state index >= 15 is 0 Å². The molecule has 0 spiro atoms. The van der Waals surface area contributed by atoms with E-state index in [0.29, 0.717) is 5.89 Å². The van der Waals surface area contributed by atoms with Crippen molar-refractivity contribution in [3.8, 4) is 44.8 Å². The number of hydrogen-bond donors (Lipinski definition) is 0. The summed E-state index contributed by atoms with van der Waals surface area (Å²) in [6.45, 7) is 0. The van der Waals surface area contributed by atoms with Gasteiger partial charge in [0.25, 0.3) is 0 Å². The molecule has 61 heavy (non-hydrogen) atoms. The summed E-state index contributed by atoms with van der Waals surface area (Å²) < 4.78 is 12.9. The van der Waals surface area contributed by atoms with Gasteiger partial charge in [-0.3, -0.25) is 0 Å². The number of furan rings is 1. The van der Waals surface area contributed by atoms with Gasteiger partial charge >= 0.3 is 0 Å². The van der Waals surface area contributed by atoms with Crippen LogP contribution in [0.1, 0.15) is 0 Å². The van der Waals surface area contributed by atoms with Gasteiger partial charge in [-0.15, -0.1) is 0 Å². The molecule has 286 valence electrons. The van der Waals surface area contributed by atoms with E-state index in [0.717, 1.165) is 99.5 Å². The zero-order valence-electron chi connectivity index (χ0n) is 33.0. The zero-order valence-corrected chi connectivity index (χ0v) is 33.0. The van der Waals surface area contributed by atoms with Crippen molar-refractivity contribution in [2.24, 2.45) is 0 Å². The van der Waals surface area contributed by atoms with Crippen LogP contribution in [0.4, 0.5) is 17.1 Å². The number of nitrogens with zero attached hydrogens (tertiary/aromatic N) is 2. The minimum Gasteiger partial charge on any atom is -0.455 e. The lowest BCUT2D eigenvalue weighted by Crippen LogP contribution is -2.09. The molecule has 12 rings (SSSR count). The molecule has 4 nitrogen and oxygen atoms in total. The minimum absolute atomic E-state index is 0.623. The van der Waals surface area contributed by atoms with Gasteiger partial charge in [0.2, 0.25) is 5.89 Å². The summed E-state index contributed by atoms with van der Waals surface area (Å²) in [7, 11) is 0. The van der Waals surface area contributed by atoms with E-state index < -0.39 is 0 Å². The largest absolute Gasteiger partial charge is 0.455 e. The van der Waals surface area contributed by atoms with Crippen molar-refractivity contribution in [1.82, 2.24) is 4.98 Å². The number of aromatic nitrogens is 1. The summed E-state index contributed by atoms with van der Waals surface area (Å²) >= 11 is 0. The fourth-order valence-electron chi connectivity index (χ4n) is 8.98. The summed E-state index contributed by atoms with van der Waals surface area (Å²) in [5, 5.41) is 6.64. The number of hydrogen-bond acceptors (Lipinski definition) is 4. The molecule has 0 atom stereocenters. The Bertz CT molecular complexity index is 3540. The molecule has 4 heteroatoms. The number of oxazole rings is 1. The van der Waals surface area contributed by atoms with E-state index in [-0.39, 0.29) is 0 Å². The SMILES string of the molecule is c1ccc(-c2ccc(N(c3ccccc3)c3ccc(-c4cc5c6cc(-c7ccc(-c8nc9ccccc9o8)c8ccccc78)ccc6oc5c5ccccc45)cc3)cc2)cc1. The topological polar surface area (TPSA) is 42.4 Å². The summed E-state index contributed by atoms with van der Waals surface area (Å²) in [5.74, 6) is 0.623. The summed E-state index contributed by atoms with van der Waals surface area (Å²) in [6.07, 6.45) is 0. The summed E-state index contributed by atoms with van der Waals surface area (Å²) in [6, 6.07) is 77.0. The Morgan fingerprint density at radius 2 is 0.852 bits per heavy atom. The maximum Gasteiger partial charge on any atom is 0.227 e. The van der Waals surface area contributed by atoms with Crippen LogP contribution in [0.2, 0.25) is 0 Å². The first-order valence-electron chi connectivity index (χ1n) is 20.6. The highest BCUT2D eigenvalue weighted by Gasteiger charge is 2.19. The molecule has 12 aromatic rings. The second-order valence-electron chi connectivity index (χ2n) is 15.5. The molecule has 0 bridgehead atoms. The molecule has 10 aromatic carbocycles. The molecule has 0 unspecified atom stereocenters. The van der Waals surface area contributed by atoms with Crippen LogP contribution in [0.5, 0.6) is 0 Å². The normalized spacial score (nSPS) is 11.6. The van der Waals surface area contributed by atoms with E-state index in [1.807, 2.05) is 24.3 Å². The van der Waals surface area contributed by atoms with Crippen molar-refractivity contribution in [2.75, 3.05) is 4.90 Å². The molecule has 0 N–H and O–H groups in total. The second-order valence-corrected chi connectivity index (χ2v) is 15.5. The average molecular weight is 781 g/mol. The molecule has 0 saturated carbocycles. The van der Waals surface area contributed by atoms with Crippen molar-refractivity contribution >= 4 is 71.6 Å². The number of para-hydroxylation sites is 3. The lowest BCUT2D eigenvalue weighted by atomic mass is 9.93. The van der Waals surface area contributed by atoms with Crippen LogP contribution in [0, 0.1) is 0 Å². The van der Waals surface area contributed by atoms with Crippen molar-refractivity contribution in [2.45, 2.75) is 0 Å². The van der Waals surface area contributed by atoms with E-state index in [4.69, 9.17) is 13.8 Å². The molecular formula is C57H36N2O2. The van der Waals surface area contributed by atoms with Gasteiger partial charge in [0, 0.05) is 38.8 Å². The Kier molecular flexibility index (Phi) is 8.13. The van der Waals surface area contributed by atoms with Gasteiger partial charge in [-0.1, -0.05) is 146 Å². The zero-order chi connectivity index (χ0) is 40.3. The van der Waals surface area contributed by atoms with Gasteiger partial charge in [0.15, 0.2) is 5.58 Å². The number of anilines is 3. The monoisotopic (exact) mass is 780 g/mol. The predicted molar refractivity (Wildman–Crippen MR) is 253 cm³/mol. The van der Waals surface area contributed by atoms with Crippen molar-refractivity contribution < 1.29 is 8.83 Å². The molecule has 0 aliphatic carbocycles. The van der Waals surface area contributed by atoms with E-state index in [2.05, 4.69) is 199 Å². The van der Waals surface area contributed by atoms with Gasteiger partial charge in [-0.2, -0.15) is 0 Å². The standard InChI is InChI=1S/C57H36N2O2/c1-3-13-37(14-4-1)38-23-28-42(29-24-38)59(41-15-5-2-6-16-41)43-30-25-39(26-31-43)50-36-52-51-35-40(27-34-54(51)60-56(52)48-20-10-9-19-47(48)50)44-32-33-49(46-18-8-7-17-45(44)46)57-58-53-21-11-12-22-55(53)61-57/h1-36H. The van der Waals surface area contributed by atoms with Crippen LogP contribution in [0.25, 0.3) is 99.4 Å². The third kappa shape index (κ3) is 5.96. The molecule has 0 amide bonds. The lowest BCUT2D eigenvalue weighted by Gasteiger charge is -2.26. The fourth-order valence-corrected chi connectivity index (χ4v) is 8.98. The number of rotatable bonds is 7. The van der Waals surface area contributed by atoms with E-state index in [1.54, 1.807) is 0 Å². The van der Waals surface area contributed by atoms with Crippen LogP contribution in [0.15, 0.2) is 227 Å². The third-order valence-corrected chi connectivity index (χ3v) is 11.9. The van der Waals surface area contributed by atoms with Crippen molar-refractivity contribution in [3.63, 3.8) is 0 Å². The highest BCUT2D eigenvalue weighted by molar-refractivity contribution is 6.20. The molecule has 0 saturated heterocycles. The van der Waals surface area contributed by atoms with Gasteiger partial charge in [0.05, 0.1) is 0 Å². The predicted octanol–water partition coefficient (Wildman–Crippen LogP) is 16.2. The Morgan fingerprint density at radius 3 is 1.57 bits per heavy atom. The van der Waals surface area contributed by atoms with Gasteiger partial charge in [0.1, 0.15) is 16.7 Å². The van der Waals surface area contributed by atoms with Gasteiger partial charge < -0.3 is 13.7 Å². The minimum atomic E-state index is 0.623.